The molecule has 1 N–H and O–H groups in total. The summed E-state index contributed by atoms with van der Waals surface area (Å²) in [5, 5.41) is 3.39. The zero-order valence-electron chi connectivity index (χ0n) is 14.9. The van der Waals surface area contributed by atoms with E-state index < -0.39 is 0 Å². The summed E-state index contributed by atoms with van der Waals surface area (Å²) in [4.78, 5) is 6.72. The maximum atomic E-state index is 5.78. The fourth-order valence-corrected chi connectivity index (χ4v) is 3.94. The molecule has 0 atom stereocenters. The van der Waals surface area contributed by atoms with Gasteiger partial charge in [0, 0.05) is 36.7 Å². The van der Waals surface area contributed by atoms with Crippen molar-refractivity contribution in [1.82, 2.24) is 10.2 Å². The summed E-state index contributed by atoms with van der Waals surface area (Å²) in [6.45, 7) is 8.12. The Bertz CT molecular complexity index is 613. The number of benzene rings is 1. The van der Waals surface area contributed by atoms with Crippen LogP contribution in [0.5, 0.6) is 17.2 Å². The van der Waals surface area contributed by atoms with E-state index >= 15 is 0 Å². The number of halogens is 1. The van der Waals surface area contributed by atoms with Gasteiger partial charge in [0.2, 0.25) is 6.79 Å². The molecule has 3 rings (SSSR count). The van der Waals surface area contributed by atoms with E-state index in [2.05, 4.69) is 29.1 Å². The number of rotatable bonds is 4. The SMILES string of the molecule is CN=C(NCCOc1ccc2c(c1)OCO2)N1CCSC(C)(C)C1.I. The van der Waals surface area contributed by atoms with E-state index in [9.17, 15) is 0 Å². The summed E-state index contributed by atoms with van der Waals surface area (Å²) in [7, 11) is 1.83. The molecule has 2 aliphatic rings. The lowest BCUT2D eigenvalue weighted by Gasteiger charge is -2.39. The molecular weight excluding hydrogens is 453 g/mol. The van der Waals surface area contributed by atoms with Crippen LogP contribution in [-0.4, -0.2) is 61.4 Å². The average Bonchev–Trinajstić information content (AvgIpc) is 3.01. The van der Waals surface area contributed by atoms with Crippen molar-refractivity contribution in [1.29, 1.82) is 0 Å². The molecule has 6 nitrogen and oxygen atoms in total. The molecule has 0 radical (unpaired) electrons. The van der Waals surface area contributed by atoms with E-state index in [1.54, 1.807) is 0 Å². The van der Waals surface area contributed by atoms with Crippen LogP contribution in [0, 0.1) is 0 Å². The highest BCUT2D eigenvalue weighted by molar-refractivity contribution is 14.0. The minimum atomic E-state index is 0. The second-order valence-corrected chi connectivity index (χ2v) is 8.17. The summed E-state index contributed by atoms with van der Waals surface area (Å²) in [5.41, 5.74) is 0. The molecule has 1 aromatic rings. The van der Waals surface area contributed by atoms with Gasteiger partial charge >= 0.3 is 0 Å². The molecule has 0 unspecified atom stereocenters. The van der Waals surface area contributed by atoms with Crippen LogP contribution in [0.1, 0.15) is 13.8 Å². The van der Waals surface area contributed by atoms with E-state index in [-0.39, 0.29) is 35.5 Å². The Balaban J connectivity index is 0.00000225. The molecule has 1 saturated heterocycles. The summed E-state index contributed by atoms with van der Waals surface area (Å²) in [6.07, 6.45) is 0. The lowest BCUT2D eigenvalue weighted by molar-refractivity contribution is 0.173. The molecule has 2 aliphatic heterocycles. The minimum absolute atomic E-state index is 0. The first-order chi connectivity index (χ1) is 11.6. The molecule has 1 fully saturated rings. The van der Waals surface area contributed by atoms with Gasteiger partial charge in [-0.1, -0.05) is 0 Å². The van der Waals surface area contributed by atoms with Crippen LogP contribution < -0.4 is 19.5 Å². The normalized spacial score (nSPS) is 18.5. The maximum absolute atomic E-state index is 5.78. The molecule has 0 amide bonds. The average molecular weight is 479 g/mol. The Hall–Kier alpha value is -1.03. The minimum Gasteiger partial charge on any atom is -0.492 e. The number of hydrogen-bond acceptors (Lipinski definition) is 5. The van der Waals surface area contributed by atoms with Gasteiger partial charge in [0.15, 0.2) is 17.5 Å². The van der Waals surface area contributed by atoms with Gasteiger partial charge in [0.25, 0.3) is 0 Å². The predicted octanol–water partition coefficient (Wildman–Crippen LogP) is 2.81. The third-order valence-corrected chi connectivity index (χ3v) is 5.23. The summed E-state index contributed by atoms with van der Waals surface area (Å²) < 4.78 is 16.7. The monoisotopic (exact) mass is 479 g/mol. The zero-order valence-corrected chi connectivity index (χ0v) is 18.1. The van der Waals surface area contributed by atoms with Gasteiger partial charge in [0.05, 0.1) is 6.54 Å². The second-order valence-electron chi connectivity index (χ2n) is 6.37. The van der Waals surface area contributed by atoms with E-state index in [1.165, 1.54) is 0 Å². The van der Waals surface area contributed by atoms with Crippen molar-refractivity contribution in [3.05, 3.63) is 18.2 Å². The quantitative estimate of drug-likeness (QED) is 0.310. The Morgan fingerprint density at radius 1 is 1.36 bits per heavy atom. The molecule has 2 heterocycles. The van der Waals surface area contributed by atoms with Gasteiger partial charge in [-0.25, -0.2) is 0 Å². The molecule has 8 heteroatoms. The van der Waals surface area contributed by atoms with Crippen molar-refractivity contribution >= 4 is 41.7 Å². The van der Waals surface area contributed by atoms with Crippen LogP contribution in [0.3, 0.4) is 0 Å². The van der Waals surface area contributed by atoms with Crippen LogP contribution in [0.25, 0.3) is 0 Å². The van der Waals surface area contributed by atoms with Gasteiger partial charge in [0.1, 0.15) is 12.4 Å². The van der Waals surface area contributed by atoms with Crippen molar-refractivity contribution in [2.45, 2.75) is 18.6 Å². The van der Waals surface area contributed by atoms with Crippen LogP contribution >= 0.6 is 35.7 Å². The lowest BCUT2D eigenvalue weighted by Crippen LogP contribution is -2.51. The van der Waals surface area contributed by atoms with Crippen LogP contribution in [0.4, 0.5) is 0 Å². The number of nitrogens with one attached hydrogen (secondary N) is 1. The molecule has 0 aromatic heterocycles. The first-order valence-corrected chi connectivity index (χ1v) is 9.18. The van der Waals surface area contributed by atoms with Gasteiger partial charge in [-0.15, -0.1) is 24.0 Å². The largest absolute Gasteiger partial charge is 0.492 e. The standard InChI is InChI=1S/C17H25N3O3S.HI/c1-17(2)11-20(7-9-24-17)16(18-3)19-6-8-21-13-4-5-14-15(10-13)23-12-22-14;/h4-5,10H,6-9,11-12H2,1-3H3,(H,18,19);1H. The smallest absolute Gasteiger partial charge is 0.231 e. The maximum Gasteiger partial charge on any atom is 0.231 e. The van der Waals surface area contributed by atoms with E-state index in [0.717, 1.165) is 42.1 Å². The molecule has 0 spiro atoms. The van der Waals surface area contributed by atoms with E-state index in [0.29, 0.717) is 13.2 Å². The van der Waals surface area contributed by atoms with Gasteiger partial charge in [-0.3, -0.25) is 4.99 Å². The molecule has 0 saturated carbocycles. The Morgan fingerprint density at radius 3 is 2.92 bits per heavy atom. The van der Waals surface area contributed by atoms with Crippen molar-refractivity contribution in [3.8, 4) is 17.2 Å². The zero-order chi connectivity index (χ0) is 17.0. The molecular formula is C17H26IN3O3S. The number of nitrogens with zero attached hydrogens (tertiary/aromatic N) is 2. The highest BCUT2D eigenvalue weighted by atomic mass is 127. The van der Waals surface area contributed by atoms with E-state index in [1.807, 2.05) is 37.0 Å². The third-order valence-electron chi connectivity index (χ3n) is 3.93. The number of guanidine groups is 1. The third kappa shape index (κ3) is 5.47. The fourth-order valence-electron chi connectivity index (χ4n) is 2.83. The Morgan fingerprint density at radius 2 is 2.16 bits per heavy atom. The number of thioether (sulfide) groups is 1. The van der Waals surface area contributed by atoms with Crippen molar-refractivity contribution in [2.24, 2.45) is 4.99 Å². The summed E-state index contributed by atoms with van der Waals surface area (Å²) in [5.74, 6) is 4.36. The number of ether oxygens (including phenoxy) is 3. The predicted molar refractivity (Wildman–Crippen MR) is 113 cm³/mol. The van der Waals surface area contributed by atoms with Crippen molar-refractivity contribution in [3.63, 3.8) is 0 Å². The van der Waals surface area contributed by atoms with Crippen LogP contribution in [-0.2, 0) is 0 Å². The summed E-state index contributed by atoms with van der Waals surface area (Å²) in [6, 6.07) is 5.63. The summed E-state index contributed by atoms with van der Waals surface area (Å²) >= 11 is 2.02. The van der Waals surface area contributed by atoms with Crippen LogP contribution in [0.15, 0.2) is 23.2 Å². The lowest BCUT2D eigenvalue weighted by atomic mass is 10.2. The Labute approximate surface area is 170 Å². The topological polar surface area (TPSA) is 55.3 Å². The Kier molecular flexibility index (Phi) is 7.36. The molecule has 140 valence electrons. The van der Waals surface area contributed by atoms with Crippen molar-refractivity contribution in [2.75, 3.05) is 45.8 Å². The van der Waals surface area contributed by atoms with Crippen LogP contribution in [0.2, 0.25) is 0 Å². The molecule has 1 aromatic carbocycles. The number of fused-ring (bicyclic) bond motifs is 1. The second kappa shape index (κ2) is 9.07. The highest BCUT2D eigenvalue weighted by Gasteiger charge is 2.28. The first-order valence-electron chi connectivity index (χ1n) is 8.19. The van der Waals surface area contributed by atoms with Crippen molar-refractivity contribution < 1.29 is 14.2 Å². The highest BCUT2D eigenvalue weighted by Crippen LogP contribution is 2.35. The van der Waals surface area contributed by atoms with E-state index in [4.69, 9.17) is 14.2 Å². The van der Waals surface area contributed by atoms with Gasteiger partial charge in [-0.2, -0.15) is 11.8 Å². The molecule has 25 heavy (non-hydrogen) atoms. The number of aliphatic imine (C=N–C) groups is 1. The fraction of sp³-hybridized carbons (Fsp3) is 0.588. The van der Waals surface area contributed by atoms with Gasteiger partial charge in [-0.05, 0) is 26.0 Å². The first kappa shape index (κ1) is 20.3. The molecule has 0 aliphatic carbocycles. The van der Waals surface area contributed by atoms with Gasteiger partial charge < -0.3 is 24.4 Å². The molecule has 0 bridgehead atoms. The number of hydrogen-bond donors (Lipinski definition) is 1.